The summed E-state index contributed by atoms with van der Waals surface area (Å²) in [4.78, 5) is 34.9. The summed E-state index contributed by atoms with van der Waals surface area (Å²) in [6.07, 6.45) is 41.9. The van der Waals surface area contributed by atoms with E-state index in [9.17, 15) is 24.2 Å². The smallest absolute Gasteiger partial charge is 0.462 e. The Bertz CT molecular complexity index is 1080. The maximum absolute atomic E-state index is 12.6. The lowest BCUT2D eigenvalue weighted by atomic mass is 10.1. The number of hydrogen-bond donors (Lipinski definition) is 3. The minimum absolute atomic E-state index is 0.155. The second-order valence-corrected chi connectivity index (χ2v) is 15.1. The largest absolute Gasteiger partial charge is 0.472 e. The third-order valence-corrected chi connectivity index (χ3v) is 9.35. The maximum Gasteiger partial charge on any atom is 0.472 e. The first kappa shape index (κ1) is 51.7. The van der Waals surface area contributed by atoms with Crippen molar-refractivity contribution in [2.24, 2.45) is 0 Å². The van der Waals surface area contributed by atoms with Crippen LogP contribution in [-0.4, -0.2) is 65.7 Å². The van der Waals surface area contributed by atoms with Crippen molar-refractivity contribution in [3.8, 4) is 0 Å². The lowest BCUT2D eigenvalue weighted by Crippen LogP contribution is -2.29. The molecule has 0 aliphatic carbocycles. The van der Waals surface area contributed by atoms with Crippen molar-refractivity contribution < 1.29 is 47.8 Å². The number of hydrogen-bond acceptors (Lipinski definition) is 9. The van der Waals surface area contributed by atoms with Gasteiger partial charge in [-0.15, -0.1) is 0 Å². The molecule has 0 saturated carbocycles. The number of carbonyl (C=O) groups is 2. The molecule has 0 bridgehead atoms. The number of rotatable bonds is 38. The maximum atomic E-state index is 12.6. The number of allylic oxidation sites excluding steroid dienone is 10. The summed E-state index contributed by atoms with van der Waals surface area (Å²) in [5.41, 5.74) is 0. The van der Waals surface area contributed by atoms with E-state index in [1.807, 2.05) is 6.08 Å². The van der Waals surface area contributed by atoms with Crippen LogP contribution in [0.4, 0.5) is 0 Å². The summed E-state index contributed by atoms with van der Waals surface area (Å²) in [5.74, 6) is -1.01. The van der Waals surface area contributed by atoms with Gasteiger partial charge in [-0.2, -0.15) is 0 Å². The highest BCUT2D eigenvalue weighted by Crippen LogP contribution is 2.43. The highest BCUT2D eigenvalue weighted by molar-refractivity contribution is 7.47. The summed E-state index contributed by atoms with van der Waals surface area (Å²) in [7, 11) is -4.63. The van der Waals surface area contributed by atoms with E-state index in [4.69, 9.17) is 19.1 Å². The lowest BCUT2D eigenvalue weighted by Gasteiger charge is -2.20. The van der Waals surface area contributed by atoms with E-state index in [0.29, 0.717) is 19.3 Å². The molecular formula is C43H75O10P. The predicted molar refractivity (Wildman–Crippen MR) is 219 cm³/mol. The van der Waals surface area contributed by atoms with Gasteiger partial charge in [0, 0.05) is 12.8 Å². The number of aliphatic hydroxyl groups is 2. The molecule has 3 N–H and O–H groups in total. The van der Waals surface area contributed by atoms with E-state index in [0.717, 1.165) is 64.2 Å². The van der Waals surface area contributed by atoms with E-state index >= 15 is 0 Å². The molecule has 3 atom stereocenters. The minimum Gasteiger partial charge on any atom is -0.462 e. The second kappa shape index (κ2) is 38.9. The summed E-state index contributed by atoms with van der Waals surface area (Å²) < 4.78 is 32.6. The Labute approximate surface area is 327 Å². The van der Waals surface area contributed by atoms with Crippen molar-refractivity contribution in [2.45, 2.75) is 174 Å². The molecular weight excluding hydrogens is 707 g/mol. The average Bonchev–Trinajstić information content (AvgIpc) is 3.16. The summed E-state index contributed by atoms with van der Waals surface area (Å²) in [6, 6.07) is 0. The van der Waals surface area contributed by atoms with Crippen LogP contribution < -0.4 is 0 Å². The van der Waals surface area contributed by atoms with Crippen LogP contribution in [0.15, 0.2) is 60.8 Å². The molecule has 0 aromatic carbocycles. The molecule has 0 aromatic rings. The van der Waals surface area contributed by atoms with Crippen molar-refractivity contribution in [3.63, 3.8) is 0 Å². The third kappa shape index (κ3) is 38.0. The van der Waals surface area contributed by atoms with Gasteiger partial charge in [-0.25, -0.2) is 4.57 Å². The molecule has 0 aliphatic heterocycles. The van der Waals surface area contributed by atoms with Crippen LogP contribution >= 0.6 is 7.82 Å². The molecule has 0 rings (SSSR count). The fourth-order valence-corrected chi connectivity index (χ4v) is 5.93. The molecule has 0 spiro atoms. The Balaban J connectivity index is 4.44. The van der Waals surface area contributed by atoms with Crippen LogP contribution in [0, 0.1) is 0 Å². The Morgan fingerprint density at radius 3 is 1.56 bits per heavy atom. The number of ether oxygens (including phenoxy) is 2. The van der Waals surface area contributed by atoms with Crippen molar-refractivity contribution >= 4 is 19.8 Å². The molecule has 0 saturated heterocycles. The van der Waals surface area contributed by atoms with Crippen molar-refractivity contribution in [1.29, 1.82) is 0 Å². The number of aliphatic hydroxyl groups excluding tert-OH is 2. The zero-order chi connectivity index (χ0) is 39.8. The quantitative estimate of drug-likeness (QED) is 0.0239. The fraction of sp³-hybridized carbons (Fsp3) is 0.721. The Kier molecular flexibility index (Phi) is 37.2. The summed E-state index contributed by atoms with van der Waals surface area (Å²) >= 11 is 0. The van der Waals surface area contributed by atoms with Gasteiger partial charge in [0.25, 0.3) is 0 Å². The zero-order valence-corrected chi connectivity index (χ0v) is 34.6. The molecule has 11 heteroatoms. The van der Waals surface area contributed by atoms with Crippen LogP contribution in [0.2, 0.25) is 0 Å². The van der Waals surface area contributed by atoms with Gasteiger partial charge < -0.3 is 24.6 Å². The second-order valence-electron chi connectivity index (χ2n) is 13.7. The van der Waals surface area contributed by atoms with Gasteiger partial charge in [0.2, 0.25) is 0 Å². The highest BCUT2D eigenvalue weighted by atomic mass is 31.2. The van der Waals surface area contributed by atoms with Crippen molar-refractivity contribution in [3.05, 3.63) is 60.8 Å². The first-order chi connectivity index (χ1) is 26.2. The van der Waals surface area contributed by atoms with Crippen LogP contribution in [-0.2, 0) is 32.7 Å². The topological polar surface area (TPSA) is 149 Å². The van der Waals surface area contributed by atoms with Gasteiger partial charge in [-0.1, -0.05) is 139 Å². The van der Waals surface area contributed by atoms with Gasteiger partial charge in [-0.05, 0) is 70.6 Å². The third-order valence-electron chi connectivity index (χ3n) is 8.39. The molecule has 0 aliphatic rings. The first-order valence-electron chi connectivity index (χ1n) is 20.7. The van der Waals surface area contributed by atoms with Gasteiger partial charge in [0.15, 0.2) is 6.10 Å². The molecule has 10 nitrogen and oxygen atoms in total. The van der Waals surface area contributed by atoms with Crippen LogP contribution in [0.5, 0.6) is 0 Å². The summed E-state index contributed by atoms with van der Waals surface area (Å²) in [5, 5.41) is 18.3. The van der Waals surface area contributed by atoms with Gasteiger partial charge in [-0.3, -0.25) is 18.6 Å². The minimum atomic E-state index is -4.63. The molecule has 0 heterocycles. The normalized spacial score (nSPS) is 14.5. The number of unbranched alkanes of at least 4 members (excludes halogenated alkanes) is 14. The van der Waals surface area contributed by atoms with Gasteiger partial charge in [0.1, 0.15) is 12.7 Å². The highest BCUT2D eigenvalue weighted by Gasteiger charge is 2.27. The van der Waals surface area contributed by atoms with Crippen LogP contribution in [0.25, 0.3) is 0 Å². The van der Waals surface area contributed by atoms with Gasteiger partial charge in [0.05, 0.1) is 19.8 Å². The van der Waals surface area contributed by atoms with Crippen molar-refractivity contribution in [1.82, 2.24) is 0 Å². The standard InChI is InChI=1S/C43H75O10P/c1-3-5-7-9-11-13-15-17-19-20-21-23-24-26-28-30-32-34-42(46)50-38-41(39-52-54(48,49)51-37-40(45)36-44)53-43(47)35-33-31-29-27-25-22-18-16-14-12-10-8-6-4-2/h10,12,16-19,21,23,26,28,40-41,44-45H,3-9,11,13-15,20,22,24-25,27,29-39H2,1-2H3,(H,48,49)/b12-10+,18-16+,19-17+,23-21+,28-26+/t40-,41+/m0/s1. The Morgan fingerprint density at radius 2 is 1.00 bits per heavy atom. The van der Waals surface area contributed by atoms with E-state index < -0.39 is 51.8 Å². The molecule has 0 aromatic heterocycles. The SMILES string of the molecule is CCCC/C=C/C/C=C/CCCCCCCC(=O)O[C@H](COC(=O)CCC/C=C/C/C=C/C/C=C/CCCCCCCC)COP(=O)(O)OC[C@@H](O)CO. The molecule has 0 fully saturated rings. The van der Waals surface area contributed by atoms with E-state index in [1.165, 1.54) is 51.4 Å². The molecule has 312 valence electrons. The van der Waals surface area contributed by atoms with E-state index in [1.54, 1.807) is 0 Å². The van der Waals surface area contributed by atoms with E-state index in [2.05, 4.69) is 73.1 Å². The van der Waals surface area contributed by atoms with E-state index in [-0.39, 0.29) is 19.4 Å². The summed E-state index contributed by atoms with van der Waals surface area (Å²) in [6.45, 7) is 2.24. The molecule has 0 amide bonds. The van der Waals surface area contributed by atoms with Gasteiger partial charge >= 0.3 is 19.8 Å². The Morgan fingerprint density at radius 1 is 0.556 bits per heavy atom. The molecule has 0 radical (unpaired) electrons. The van der Waals surface area contributed by atoms with Crippen LogP contribution in [0.1, 0.15) is 162 Å². The first-order valence-corrected chi connectivity index (χ1v) is 22.2. The zero-order valence-electron chi connectivity index (χ0n) is 33.7. The molecule has 1 unspecified atom stereocenters. The predicted octanol–water partition coefficient (Wildman–Crippen LogP) is 10.7. The van der Waals surface area contributed by atoms with Crippen molar-refractivity contribution in [2.75, 3.05) is 26.4 Å². The average molecular weight is 783 g/mol. The lowest BCUT2D eigenvalue weighted by molar-refractivity contribution is -0.161. The monoisotopic (exact) mass is 783 g/mol. The van der Waals surface area contributed by atoms with Crippen LogP contribution in [0.3, 0.4) is 0 Å². The number of carbonyl (C=O) groups excluding carboxylic acids is 2. The number of phosphoric ester groups is 1. The number of phosphoric acid groups is 1. The fourth-order valence-electron chi connectivity index (χ4n) is 5.14. The Hall–Kier alpha value is -2.33. The molecule has 54 heavy (non-hydrogen) atoms. The number of esters is 2.